The number of carbonyl (C=O) groups is 2. The van der Waals surface area contributed by atoms with Gasteiger partial charge in [-0.2, -0.15) is 0 Å². The van der Waals surface area contributed by atoms with Crippen molar-refractivity contribution in [2.45, 2.75) is 31.7 Å². The van der Waals surface area contributed by atoms with Gasteiger partial charge < -0.3 is 10.4 Å². The van der Waals surface area contributed by atoms with Crippen molar-refractivity contribution < 1.29 is 19.1 Å². The molecular weight excluding hydrogens is 249 g/mol. The second kappa shape index (κ2) is 5.38. The third-order valence-electron chi connectivity index (χ3n) is 3.45. The van der Waals surface area contributed by atoms with Crippen molar-refractivity contribution in [3.8, 4) is 0 Å². The number of aliphatic carboxylic acids is 1. The zero-order chi connectivity index (χ0) is 14.0. The molecule has 0 aromatic heterocycles. The summed E-state index contributed by atoms with van der Waals surface area (Å²) in [5.74, 6) is -1.67. The first-order chi connectivity index (χ1) is 9.02. The molecule has 3 atom stereocenters. The largest absolute Gasteiger partial charge is 0.480 e. The molecule has 1 amide bonds. The van der Waals surface area contributed by atoms with Gasteiger partial charge in [0.15, 0.2) is 0 Å². The number of halogens is 1. The predicted molar refractivity (Wildman–Crippen MR) is 67.1 cm³/mol. The highest BCUT2D eigenvalue weighted by Crippen LogP contribution is 2.47. The Morgan fingerprint density at radius 1 is 1.42 bits per heavy atom. The van der Waals surface area contributed by atoms with Crippen LogP contribution in [0.25, 0.3) is 0 Å². The van der Waals surface area contributed by atoms with Gasteiger partial charge >= 0.3 is 5.97 Å². The van der Waals surface area contributed by atoms with E-state index in [9.17, 15) is 14.0 Å². The summed E-state index contributed by atoms with van der Waals surface area (Å²) in [7, 11) is 0. The predicted octanol–water partition coefficient (Wildman–Crippen LogP) is 1.91. The van der Waals surface area contributed by atoms with Gasteiger partial charge in [0.1, 0.15) is 11.9 Å². The van der Waals surface area contributed by atoms with Crippen molar-refractivity contribution in [3.05, 3.63) is 35.6 Å². The average Bonchev–Trinajstić information content (AvgIpc) is 3.16. The van der Waals surface area contributed by atoms with Crippen LogP contribution in [0.4, 0.5) is 4.39 Å². The minimum atomic E-state index is -1.02. The molecule has 1 saturated carbocycles. The van der Waals surface area contributed by atoms with Crippen LogP contribution in [0.15, 0.2) is 24.3 Å². The Kier molecular flexibility index (Phi) is 3.83. The number of nitrogens with one attached hydrogen (secondary N) is 1. The Bertz CT molecular complexity index is 486. The van der Waals surface area contributed by atoms with E-state index in [0.29, 0.717) is 12.8 Å². The van der Waals surface area contributed by atoms with Crippen molar-refractivity contribution in [1.29, 1.82) is 0 Å². The monoisotopic (exact) mass is 265 g/mol. The van der Waals surface area contributed by atoms with Gasteiger partial charge in [0.25, 0.3) is 0 Å². The highest BCUT2D eigenvalue weighted by Gasteiger charge is 2.44. The van der Waals surface area contributed by atoms with E-state index in [0.717, 1.165) is 5.56 Å². The van der Waals surface area contributed by atoms with E-state index in [-0.39, 0.29) is 23.6 Å². The summed E-state index contributed by atoms with van der Waals surface area (Å²) in [5, 5.41) is 11.4. The SMILES string of the molecule is CCC(NC(=O)C1CC1c1ccc(F)cc1)C(=O)O. The molecule has 3 unspecified atom stereocenters. The first-order valence-corrected chi connectivity index (χ1v) is 6.31. The molecule has 0 aliphatic heterocycles. The summed E-state index contributed by atoms with van der Waals surface area (Å²) in [6.07, 6.45) is 1.04. The molecule has 0 saturated heterocycles. The van der Waals surface area contributed by atoms with E-state index in [2.05, 4.69) is 5.32 Å². The van der Waals surface area contributed by atoms with Crippen LogP contribution in [0.3, 0.4) is 0 Å². The lowest BCUT2D eigenvalue weighted by molar-refractivity contribution is -0.142. The maximum Gasteiger partial charge on any atom is 0.326 e. The maximum atomic E-state index is 12.8. The van der Waals surface area contributed by atoms with Crippen molar-refractivity contribution in [1.82, 2.24) is 5.32 Å². The van der Waals surface area contributed by atoms with Gasteiger partial charge in [0, 0.05) is 5.92 Å². The Morgan fingerprint density at radius 3 is 2.58 bits per heavy atom. The number of carboxylic acids is 1. The van der Waals surface area contributed by atoms with Crippen LogP contribution in [0, 0.1) is 11.7 Å². The molecule has 1 fully saturated rings. The van der Waals surface area contributed by atoms with Gasteiger partial charge in [0.05, 0.1) is 0 Å². The third kappa shape index (κ3) is 3.10. The second-order valence-corrected chi connectivity index (χ2v) is 4.81. The molecule has 19 heavy (non-hydrogen) atoms. The standard InChI is InChI=1S/C14H16FNO3/c1-2-12(14(18)19)16-13(17)11-7-10(11)8-3-5-9(15)6-4-8/h3-6,10-12H,2,7H2,1H3,(H,16,17)(H,18,19). The van der Waals surface area contributed by atoms with E-state index in [1.807, 2.05) is 0 Å². The fourth-order valence-electron chi connectivity index (χ4n) is 2.18. The Hall–Kier alpha value is -1.91. The maximum absolute atomic E-state index is 12.8. The molecule has 1 aromatic carbocycles. The van der Waals surface area contributed by atoms with Gasteiger partial charge in [-0.25, -0.2) is 9.18 Å². The van der Waals surface area contributed by atoms with Crippen LogP contribution < -0.4 is 5.32 Å². The Morgan fingerprint density at radius 2 is 2.05 bits per heavy atom. The van der Waals surface area contributed by atoms with Crippen molar-refractivity contribution >= 4 is 11.9 Å². The molecule has 1 aliphatic rings. The minimum Gasteiger partial charge on any atom is -0.480 e. The lowest BCUT2D eigenvalue weighted by atomic mass is 10.1. The molecule has 102 valence electrons. The van der Waals surface area contributed by atoms with E-state index < -0.39 is 12.0 Å². The lowest BCUT2D eigenvalue weighted by Gasteiger charge is -2.12. The molecular formula is C14H16FNO3. The Balaban J connectivity index is 1.93. The summed E-state index contributed by atoms with van der Waals surface area (Å²) in [6, 6.07) is 5.24. The van der Waals surface area contributed by atoms with Gasteiger partial charge in [-0.15, -0.1) is 0 Å². The van der Waals surface area contributed by atoms with E-state index in [1.165, 1.54) is 12.1 Å². The van der Waals surface area contributed by atoms with Gasteiger partial charge in [-0.3, -0.25) is 4.79 Å². The van der Waals surface area contributed by atoms with E-state index in [4.69, 9.17) is 5.11 Å². The minimum absolute atomic E-state index is 0.0758. The van der Waals surface area contributed by atoms with E-state index in [1.54, 1.807) is 19.1 Å². The third-order valence-corrected chi connectivity index (χ3v) is 3.45. The summed E-state index contributed by atoms with van der Waals surface area (Å²) in [5.41, 5.74) is 0.921. The van der Waals surface area contributed by atoms with Gasteiger partial charge in [-0.1, -0.05) is 19.1 Å². The average molecular weight is 265 g/mol. The molecule has 0 bridgehead atoms. The summed E-state index contributed by atoms with van der Waals surface area (Å²) in [6.45, 7) is 1.71. The summed E-state index contributed by atoms with van der Waals surface area (Å²) in [4.78, 5) is 22.7. The van der Waals surface area contributed by atoms with Gasteiger partial charge in [0.2, 0.25) is 5.91 Å². The molecule has 1 aromatic rings. The van der Waals surface area contributed by atoms with Crippen LogP contribution in [-0.2, 0) is 9.59 Å². The highest BCUT2D eigenvalue weighted by atomic mass is 19.1. The zero-order valence-corrected chi connectivity index (χ0v) is 10.6. The first kappa shape index (κ1) is 13.5. The second-order valence-electron chi connectivity index (χ2n) is 4.81. The smallest absolute Gasteiger partial charge is 0.326 e. The van der Waals surface area contributed by atoms with Crippen LogP contribution in [-0.4, -0.2) is 23.0 Å². The normalized spacial score (nSPS) is 22.6. The molecule has 0 spiro atoms. The highest BCUT2D eigenvalue weighted by molar-refractivity contribution is 5.87. The van der Waals surface area contributed by atoms with Gasteiger partial charge in [-0.05, 0) is 36.5 Å². The topological polar surface area (TPSA) is 66.4 Å². The number of hydrogen-bond acceptors (Lipinski definition) is 2. The van der Waals surface area contributed by atoms with Crippen molar-refractivity contribution in [2.24, 2.45) is 5.92 Å². The fourth-order valence-corrected chi connectivity index (χ4v) is 2.18. The van der Waals surface area contributed by atoms with Crippen molar-refractivity contribution in [2.75, 3.05) is 0 Å². The van der Waals surface area contributed by atoms with Crippen LogP contribution >= 0.6 is 0 Å². The fraction of sp³-hybridized carbons (Fsp3) is 0.429. The first-order valence-electron chi connectivity index (χ1n) is 6.31. The summed E-state index contributed by atoms with van der Waals surface area (Å²) < 4.78 is 12.8. The molecule has 4 nitrogen and oxygen atoms in total. The van der Waals surface area contributed by atoms with Crippen LogP contribution in [0.5, 0.6) is 0 Å². The molecule has 1 aliphatic carbocycles. The molecule has 0 heterocycles. The molecule has 2 N–H and O–H groups in total. The molecule has 5 heteroatoms. The van der Waals surface area contributed by atoms with Crippen LogP contribution in [0.1, 0.15) is 31.2 Å². The number of amides is 1. The zero-order valence-electron chi connectivity index (χ0n) is 10.6. The van der Waals surface area contributed by atoms with Crippen molar-refractivity contribution in [3.63, 3.8) is 0 Å². The van der Waals surface area contributed by atoms with E-state index >= 15 is 0 Å². The number of benzene rings is 1. The number of carboxylic acid groups (broad SMARTS) is 1. The quantitative estimate of drug-likeness (QED) is 0.854. The number of hydrogen-bond donors (Lipinski definition) is 2. The number of carbonyl (C=O) groups excluding carboxylic acids is 1. The number of rotatable bonds is 5. The molecule has 2 rings (SSSR count). The Labute approximate surface area is 110 Å². The lowest BCUT2D eigenvalue weighted by Crippen LogP contribution is -2.41. The molecule has 0 radical (unpaired) electrons. The summed E-state index contributed by atoms with van der Waals surface area (Å²) >= 11 is 0. The van der Waals surface area contributed by atoms with Crippen LogP contribution in [0.2, 0.25) is 0 Å².